The maximum Gasteiger partial charge on any atom is 0.159 e. The van der Waals surface area contributed by atoms with Gasteiger partial charge in [-0.25, -0.2) is 0 Å². The topological polar surface area (TPSA) is 59.0 Å². The molecule has 6 nitrogen and oxygen atoms in total. The zero-order chi connectivity index (χ0) is 49.8. The monoisotopic (exact) mass is 974 g/mol. The molecule has 6 heteroatoms. The fourth-order valence-corrected chi connectivity index (χ4v) is 11.8. The van der Waals surface area contributed by atoms with E-state index in [1.165, 1.54) is 0 Å². The lowest BCUT2D eigenvalue weighted by Crippen LogP contribution is -2.09. The molecule has 0 atom stereocenters. The summed E-state index contributed by atoms with van der Waals surface area (Å²) in [7, 11) is 0. The molecule has 0 N–H and O–H groups in total. The van der Waals surface area contributed by atoms with Gasteiger partial charge in [0.05, 0.1) is 22.7 Å². The summed E-state index contributed by atoms with van der Waals surface area (Å²) in [6.45, 7) is 0. The predicted octanol–water partition coefficient (Wildman–Crippen LogP) is 20.7. The molecule has 0 saturated heterocycles. The van der Waals surface area contributed by atoms with Crippen molar-refractivity contribution in [1.82, 2.24) is 0 Å². The van der Waals surface area contributed by atoms with Crippen LogP contribution >= 0.6 is 0 Å². The lowest BCUT2D eigenvalue weighted by atomic mass is 9.89. The number of benzene rings is 12. The van der Waals surface area contributed by atoms with E-state index in [0.29, 0.717) is 0 Å². The molecule has 12 aromatic carbocycles. The van der Waals surface area contributed by atoms with Crippen molar-refractivity contribution in [2.24, 2.45) is 0 Å². The van der Waals surface area contributed by atoms with E-state index >= 15 is 0 Å². The van der Waals surface area contributed by atoms with E-state index in [1.54, 1.807) is 0 Å². The molecule has 0 fully saturated rings. The van der Waals surface area contributed by atoms with Gasteiger partial charge in [0.25, 0.3) is 0 Å². The van der Waals surface area contributed by atoms with E-state index < -0.39 is 0 Å². The summed E-state index contributed by atoms with van der Waals surface area (Å²) in [5.41, 5.74) is 16.5. The van der Waals surface area contributed by atoms with Crippen molar-refractivity contribution in [2.75, 3.05) is 9.80 Å². The molecule has 0 saturated carbocycles. The first-order valence-electron chi connectivity index (χ1n) is 25.6. The first-order valence-corrected chi connectivity index (χ1v) is 25.6. The summed E-state index contributed by atoms with van der Waals surface area (Å²) < 4.78 is 28.0. The fraction of sp³-hybridized carbons (Fsp3) is 0. The van der Waals surface area contributed by atoms with Crippen LogP contribution < -0.4 is 9.80 Å². The standard InChI is InChI=1S/C70H42N2O4/c1-5-19-43(20-6-1)55-41-57-51-37-35-47(71(45-23-9-3-10-24-45)59-31-17-29-53-49-27-13-15-33-61(49)73-67(53)59)39-63(51)76-70(57)66-56(44-21-7-2-8-22-44)42-58-52-38-36-48(40-64(52)75-69(58)65(55)66)72(46-25-11-4-12-26-46)60-32-18-30-54-50-28-14-16-34-62(50)74-68(54)60/h1-42H. The van der Waals surface area contributed by atoms with E-state index in [0.717, 1.165) is 155 Å². The van der Waals surface area contributed by atoms with Crippen molar-refractivity contribution in [3.8, 4) is 22.3 Å². The predicted molar refractivity (Wildman–Crippen MR) is 313 cm³/mol. The molecule has 16 rings (SSSR count). The largest absolute Gasteiger partial charge is 0.455 e. The van der Waals surface area contributed by atoms with E-state index in [2.05, 4.69) is 228 Å². The van der Waals surface area contributed by atoms with Gasteiger partial charge in [-0.1, -0.05) is 158 Å². The summed E-state index contributed by atoms with van der Waals surface area (Å²) in [6.07, 6.45) is 0. The Hall–Kier alpha value is -10.3. The van der Waals surface area contributed by atoms with Gasteiger partial charge in [0.2, 0.25) is 0 Å². The number of nitrogens with zero attached hydrogens (tertiary/aromatic N) is 2. The smallest absolute Gasteiger partial charge is 0.159 e. The average molecular weight is 975 g/mol. The molecule has 0 radical (unpaired) electrons. The van der Waals surface area contributed by atoms with E-state index in [-0.39, 0.29) is 0 Å². The zero-order valence-corrected chi connectivity index (χ0v) is 40.8. The molecule has 0 aliphatic carbocycles. The van der Waals surface area contributed by atoms with E-state index in [9.17, 15) is 0 Å². The van der Waals surface area contributed by atoms with Gasteiger partial charge in [0.1, 0.15) is 33.5 Å². The Morgan fingerprint density at radius 3 is 1.01 bits per heavy atom. The highest BCUT2D eigenvalue weighted by atomic mass is 16.3. The van der Waals surface area contributed by atoms with Gasteiger partial charge in [-0.2, -0.15) is 0 Å². The number of hydrogen-bond acceptors (Lipinski definition) is 6. The second-order valence-electron chi connectivity index (χ2n) is 19.5. The normalized spacial score (nSPS) is 11.9. The lowest BCUT2D eigenvalue weighted by Gasteiger charge is -2.25. The van der Waals surface area contributed by atoms with Crippen molar-refractivity contribution >= 4 is 133 Å². The van der Waals surface area contributed by atoms with Gasteiger partial charge in [-0.15, -0.1) is 0 Å². The van der Waals surface area contributed by atoms with Gasteiger partial charge in [0.15, 0.2) is 11.2 Å². The number of fused-ring (bicyclic) bond motifs is 15. The van der Waals surface area contributed by atoms with Crippen molar-refractivity contribution in [3.63, 3.8) is 0 Å². The minimum atomic E-state index is 0.769. The molecule has 0 unspecified atom stereocenters. The first-order chi connectivity index (χ1) is 37.7. The van der Waals surface area contributed by atoms with Crippen LogP contribution in [0.4, 0.5) is 34.1 Å². The van der Waals surface area contributed by atoms with E-state index in [1.807, 2.05) is 36.4 Å². The third kappa shape index (κ3) is 6.41. The quantitative estimate of drug-likeness (QED) is 0.151. The lowest BCUT2D eigenvalue weighted by molar-refractivity contribution is 0.668. The Morgan fingerprint density at radius 1 is 0.224 bits per heavy atom. The maximum atomic E-state index is 7.34. The molecule has 4 heterocycles. The molecule has 76 heavy (non-hydrogen) atoms. The number of hydrogen-bond donors (Lipinski definition) is 0. The van der Waals surface area contributed by atoms with E-state index in [4.69, 9.17) is 17.7 Å². The van der Waals surface area contributed by atoms with Crippen LogP contribution in [-0.4, -0.2) is 0 Å². The molecule has 0 spiro atoms. The highest BCUT2D eigenvalue weighted by molar-refractivity contribution is 6.31. The van der Waals surface area contributed by atoms with Crippen LogP contribution in [0.15, 0.2) is 272 Å². The number of para-hydroxylation sites is 6. The highest BCUT2D eigenvalue weighted by Gasteiger charge is 2.27. The number of rotatable bonds is 8. The minimum Gasteiger partial charge on any atom is -0.455 e. The van der Waals surface area contributed by atoms with Crippen LogP contribution in [0.3, 0.4) is 0 Å². The maximum absolute atomic E-state index is 7.34. The van der Waals surface area contributed by atoms with Gasteiger partial charge < -0.3 is 27.5 Å². The zero-order valence-electron chi connectivity index (χ0n) is 40.8. The number of furan rings is 4. The minimum absolute atomic E-state index is 0.769. The van der Waals surface area contributed by atoms with Crippen LogP contribution in [0.2, 0.25) is 0 Å². The Bertz CT molecular complexity index is 4620. The molecule has 0 amide bonds. The molecule has 0 aliphatic rings. The summed E-state index contributed by atoms with van der Waals surface area (Å²) in [5.74, 6) is 0. The summed E-state index contributed by atoms with van der Waals surface area (Å²) in [5, 5.41) is 10.3. The first kappa shape index (κ1) is 42.2. The Morgan fingerprint density at radius 2 is 0.579 bits per heavy atom. The van der Waals surface area contributed by atoms with Crippen LogP contribution in [-0.2, 0) is 0 Å². The highest BCUT2D eigenvalue weighted by Crippen LogP contribution is 2.51. The fourth-order valence-electron chi connectivity index (χ4n) is 11.8. The molecule has 356 valence electrons. The summed E-state index contributed by atoms with van der Waals surface area (Å²) >= 11 is 0. The van der Waals surface area contributed by atoms with Crippen LogP contribution in [0.5, 0.6) is 0 Å². The second kappa shape index (κ2) is 16.6. The second-order valence-corrected chi connectivity index (χ2v) is 19.5. The van der Waals surface area contributed by atoms with Gasteiger partial charge in [0, 0.05) is 77.4 Å². The van der Waals surface area contributed by atoms with Crippen molar-refractivity contribution in [3.05, 3.63) is 255 Å². The molecular weight excluding hydrogens is 933 g/mol. The summed E-state index contributed by atoms with van der Waals surface area (Å²) in [6, 6.07) is 89.3. The number of anilines is 6. The third-order valence-corrected chi connectivity index (χ3v) is 15.2. The van der Waals surface area contributed by atoms with Crippen LogP contribution in [0, 0.1) is 0 Å². The SMILES string of the molecule is c1ccc(-c2cc3c4ccc(N(c5ccccc5)c5cccc6c5oc5ccccc56)cc4oc3c3c(-c4ccccc4)cc4c5ccc(N(c6ccccc6)c6cccc7c6oc6ccccc67)cc5oc4c23)cc1. The van der Waals surface area contributed by atoms with Crippen molar-refractivity contribution < 1.29 is 17.7 Å². The van der Waals surface area contributed by atoms with Gasteiger partial charge in [-0.05, 0) is 107 Å². The Kier molecular flexibility index (Phi) is 9.23. The molecule has 0 bridgehead atoms. The van der Waals surface area contributed by atoms with Crippen molar-refractivity contribution in [1.29, 1.82) is 0 Å². The van der Waals surface area contributed by atoms with Gasteiger partial charge in [-0.3, -0.25) is 0 Å². The van der Waals surface area contributed by atoms with Crippen LogP contribution in [0.25, 0.3) is 121 Å². The third-order valence-electron chi connectivity index (χ3n) is 15.2. The van der Waals surface area contributed by atoms with Crippen LogP contribution in [0.1, 0.15) is 0 Å². The molecule has 0 aliphatic heterocycles. The molecular formula is C70H42N2O4. The average Bonchev–Trinajstić information content (AvgIpc) is 4.33. The Labute approximate surface area is 435 Å². The van der Waals surface area contributed by atoms with Gasteiger partial charge >= 0.3 is 0 Å². The summed E-state index contributed by atoms with van der Waals surface area (Å²) in [4.78, 5) is 4.53. The van der Waals surface area contributed by atoms with Crippen molar-refractivity contribution in [2.45, 2.75) is 0 Å². The Balaban J connectivity index is 0.953. The molecule has 16 aromatic rings. The molecule has 4 aromatic heterocycles.